The smallest absolute Gasteiger partial charge is 0.475 e. The molecule has 10 nitrogen and oxygen atoms in total. The first-order valence-electron chi connectivity index (χ1n) is 11.5. The molecule has 0 saturated carbocycles. The standard InChI is InChI=1S/C19H25N3O3.2C2HF3O2/c1-14-17(15(2)25-21-14)11-22-9-5-7-19(13-22)10-16(12-23-19)24-18-6-3-4-8-20-18;2*3-2(4,5)1(6)7/h3-4,6,8,16H,5,7,9-13H2,1-2H3;2*(H,6,7)/t16-,19+;;/m1../s1. The molecular weight excluding hydrogens is 544 g/mol. The summed E-state index contributed by atoms with van der Waals surface area (Å²) in [5.41, 5.74) is 2.09. The minimum absolute atomic E-state index is 0.0777. The molecule has 0 amide bonds. The van der Waals surface area contributed by atoms with Gasteiger partial charge in [0.15, 0.2) is 0 Å². The average Bonchev–Trinajstić information content (AvgIpc) is 3.36. The Labute approximate surface area is 218 Å². The van der Waals surface area contributed by atoms with Crippen molar-refractivity contribution in [2.24, 2.45) is 0 Å². The Morgan fingerprint density at radius 1 is 1.13 bits per heavy atom. The van der Waals surface area contributed by atoms with Crippen LogP contribution in [0.1, 0.15) is 36.3 Å². The number of rotatable bonds is 4. The van der Waals surface area contributed by atoms with E-state index in [0.717, 1.165) is 50.4 Å². The number of carbonyl (C=O) groups is 2. The molecule has 16 heteroatoms. The number of carboxylic acid groups (broad SMARTS) is 2. The number of hydrogen-bond acceptors (Lipinski definition) is 8. The first-order chi connectivity index (χ1) is 18.0. The molecule has 0 radical (unpaired) electrons. The summed E-state index contributed by atoms with van der Waals surface area (Å²) in [4.78, 5) is 24.5. The summed E-state index contributed by atoms with van der Waals surface area (Å²) in [6.07, 6.45) is -5.18. The lowest BCUT2D eigenvalue weighted by Crippen LogP contribution is -2.47. The van der Waals surface area contributed by atoms with Crippen molar-refractivity contribution in [3.63, 3.8) is 0 Å². The summed E-state index contributed by atoms with van der Waals surface area (Å²) in [6.45, 7) is 7.51. The summed E-state index contributed by atoms with van der Waals surface area (Å²) in [5, 5.41) is 18.3. The molecule has 1 spiro atoms. The van der Waals surface area contributed by atoms with Crippen LogP contribution in [-0.2, 0) is 20.9 Å². The fourth-order valence-electron chi connectivity index (χ4n) is 4.03. The van der Waals surface area contributed by atoms with Crippen molar-refractivity contribution in [1.82, 2.24) is 15.0 Å². The first kappa shape index (κ1) is 31.8. The lowest BCUT2D eigenvalue weighted by atomic mass is 9.89. The van der Waals surface area contributed by atoms with Gasteiger partial charge in [0.05, 0.1) is 17.9 Å². The molecule has 2 saturated heterocycles. The van der Waals surface area contributed by atoms with Crippen LogP contribution in [0.25, 0.3) is 0 Å². The van der Waals surface area contributed by atoms with Crippen LogP contribution in [0.2, 0.25) is 0 Å². The van der Waals surface area contributed by atoms with Crippen LogP contribution in [-0.4, -0.2) is 80.9 Å². The molecule has 4 heterocycles. The van der Waals surface area contributed by atoms with Crippen molar-refractivity contribution in [3.05, 3.63) is 41.4 Å². The van der Waals surface area contributed by atoms with E-state index in [2.05, 4.69) is 15.0 Å². The van der Waals surface area contributed by atoms with Crippen molar-refractivity contribution in [2.75, 3.05) is 19.7 Å². The molecular formula is C23H27F6N3O7. The average molecular weight is 571 g/mol. The zero-order valence-corrected chi connectivity index (χ0v) is 20.9. The highest BCUT2D eigenvalue weighted by molar-refractivity contribution is 5.73. The molecule has 2 aromatic heterocycles. The zero-order chi connectivity index (χ0) is 29.4. The molecule has 0 aliphatic carbocycles. The van der Waals surface area contributed by atoms with Gasteiger partial charge >= 0.3 is 24.3 Å². The van der Waals surface area contributed by atoms with E-state index in [1.807, 2.05) is 32.0 Å². The summed E-state index contributed by atoms with van der Waals surface area (Å²) in [7, 11) is 0. The van der Waals surface area contributed by atoms with Gasteiger partial charge in [-0.05, 0) is 39.3 Å². The Bertz CT molecular complexity index is 1050. The second-order valence-corrected chi connectivity index (χ2v) is 8.83. The van der Waals surface area contributed by atoms with Crippen LogP contribution in [0.3, 0.4) is 0 Å². The molecule has 2 aliphatic rings. The van der Waals surface area contributed by atoms with Crippen molar-refractivity contribution in [1.29, 1.82) is 0 Å². The van der Waals surface area contributed by atoms with Gasteiger partial charge in [-0.15, -0.1) is 0 Å². The summed E-state index contributed by atoms with van der Waals surface area (Å²) >= 11 is 0. The Morgan fingerprint density at radius 3 is 2.23 bits per heavy atom. The van der Waals surface area contributed by atoms with E-state index in [4.69, 9.17) is 33.8 Å². The van der Waals surface area contributed by atoms with Crippen molar-refractivity contribution in [3.8, 4) is 5.88 Å². The number of carboxylic acids is 2. The van der Waals surface area contributed by atoms with Gasteiger partial charge in [-0.2, -0.15) is 26.3 Å². The van der Waals surface area contributed by atoms with E-state index >= 15 is 0 Å². The Kier molecular flexibility index (Phi) is 10.7. The lowest BCUT2D eigenvalue weighted by Gasteiger charge is -2.39. The second kappa shape index (κ2) is 13.1. The summed E-state index contributed by atoms with van der Waals surface area (Å²) in [6, 6.07) is 5.74. The molecule has 0 bridgehead atoms. The highest BCUT2D eigenvalue weighted by Gasteiger charge is 2.44. The quantitative estimate of drug-likeness (QED) is 0.515. The van der Waals surface area contributed by atoms with Gasteiger partial charge in [-0.25, -0.2) is 14.6 Å². The number of likely N-dealkylation sites (tertiary alicyclic amines) is 1. The monoisotopic (exact) mass is 571 g/mol. The Hall–Kier alpha value is -3.40. The summed E-state index contributed by atoms with van der Waals surface area (Å²) in [5.74, 6) is -3.92. The van der Waals surface area contributed by atoms with E-state index in [1.54, 1.807) is 6.20 Å². The van der Waals surface area contributed by atoms with Crippen LogP contribution in [0.5, 0.6) is 5.88 Å². The topological polar surface area (TPSA) is 135 Å². The molecule has 0 unspecified atom stereocenters. The zero-order valence-electron chi connectivity index (χ0n) is 20.9. The minimum Gasteiger partial charge on any atom is -0.475 e. The van der Waals surface area contributed by atoms with Crippen molar-refractivity contribution < 1.29 is 60.1 Å². The van der Waals surface area contributed by atoms with Gasteiger partial charge in [-0.1, -0.05) is 11.2 Å². The molecule has 2 aliphatic heterocycles. The minimum atomic E-state index is -5.08. The number of alkyl halides is 6. The number of aryl methyl sites for hydroxylation is 2. The van der Waals surface area contributed by atoms with E-state index < -0.39 is 24.3 Å². The van der Waals surface area contributed by atoms with Crippen molar-refractivity contribution in [2.45, 2.75) is 63.7 Å². The van der Waals surface area contributed by atoms with Gasteiger partial charge in [0.25, 0.3) is 0 Å². The third-order valence-electron chi connectivity index (χ3n) is 5.77. The Morgan fingerprint density at radius 2 is 1.74 bits per heavy atom. The van der Waals surface area contributed by atoms with Crippen LogP contribution in [0, 0.1) is 13.8 Å². The molecule has 2 fully saturated rings. The van der Waals surface area contributed by atoms with Gasteiger partial charge in [-0.3, -0.25) is 4.90 Å². The number of nitrogens with zero attached hydrogens (tertiary/aromatic N) is 3. The summed E-state index contributed by atoms with van der Waals surface area (Å²) < 4.78 is 81.0. The fraction of sp³-hybridized carbons (Fsp3) is 0.565. The normalized spacial score (nSPS) is 21.4. The largest absolute Gasteiger partial charge is 0.490 e. The van der Waals surface area contributed by atoms with Crippen LogP contribution in [0.15, 0.2) is 28.9 Å². The van der Waals surface area contributed by atoms with Gasteiger partial charge in [0.1, 0.15) is 11.9 Å². The maximum absolute atomic E-state index is 10.6. The third-order valence-corrected chi connectivity index (χ3v) is 5.77. The van der Waals surface area contributed by atoms with Crippen LogP contribution >= 0.6 is 0 Å². The van der Waals surface area contributed by atoms with E-state index in [0.29, 0.717) is 12.5 Å². The highest BCUT2D eigenvalue weighted by Crippen LogP contribution is 2.36. The number of hydrogen-bond donors (Lipinski definition) is 2. The first-order valence-corrected chi connectivity index (χ1v) is 11.5. The van der Waals surface area contributed by atoms with E-state index in [9.17, 15) is 26.3 Å². The van der Waals surface area contributed by atoms with Crippen molar-refractivity contribution >= 4 is 11.9 Å². The molecule has 0 aromatic carbocycles. The number of halogens is 6. The Balaban J connectivity index is 0.000000317. The molecule has 2 atom stereocenters. The second-order valence-electron chi connectivity index (χ2n) is 8.83. The maximum atomic E-state index is 10.6. The van der Waals surface area contributed by atoms with Gasteiger partial charge in [0, 0.05) is 37.3 Å². The molecule has 2 N–H and O–H groups in total. The number of aliphatic carboxylic acids is 2. The number of aromatic nitrogens is 2. The molecule has 39 heavy (non-hydrogen) atoms. The third kappa shape index (κ3) is 10.0. The maximum Gasteiger partial charge on any atom is 0.490 e. The van der Waals surface area contributed by atoms with Gasteiger partial charge in [0.2, 0.25) is 5.88 Å². The molecule has 218 valence electrons. The fourth-order valence-corrected chi connectivity index (χ4v) is 4.03. The highest BCUT2D eigenvalue weighted by atomic mass is 19.4. The van der Waals surface area contributed by atoms with Crippen LogP contribution < -0.4 is 4.74 Å². The van der Waals surface area contributed by atoms with E-state index in [1.165, 1.54) is 5.56 Å². The predicted molar refractivity (Wildman–Crippen MR) is 120 cm³/mol. The number of piperidine rings is 1. The molecule has 2 aromatic rings. The SMILES string of the molecule is Cc1noc(C)c1CN1CCC[C@]2(C[C@@H](Oc3ccccn3)CO2)C1.O=C(O)C(F)(F)F.O=C(O)C(F)(F)F. The van der Waals surface area contributed by atoms with Crippen LogP contribution in [0.4, 0.5) is 26.3 Å². The molecule has 4 rings (SSSR count). The lowest BCUT2D eigenvalue weighted by molar-refractivity contribution is -0.193. The van der Waals surface area contributed by atoms with E-state index in [-0.39, 0.29) is 11.7 Å². The number of pyridine rings is 1. The van der Waals surface area contributed by atoms with Gasteiger partial charge < -0.3 is 24.2 Å². The number of ether oxygens (including phenoxy) is 2. The predicted octanol–water partition coefficient (Wildman–Crippen LogP) is 4.16.